The minimum Gasteiger partial charge on any atom is -0.383 e. The molecule has 0 aromatic heterocycles. The third kappa shape index (κ3) is 2.93. The summed E-state index contributed by atoms with van der Waals surface area (Å²) in [6, 6.07) is 9.83. The van der Waals surface area contributed by atoms with Crippen LogP contribution in [0.5, 0.6) is 0 Å². The summed E-state index contributed by atoms with van der Waals surface area (Å²) in [5.41, 5.74) is 3.01. The molecule has 2 rings (SSSR count). The number of methoxy groups -OCH3 is 1. The fraction of sp³-hybridized carbons (Fsp3) is 0.625. The summed E-state index contributed by atoms with van der Waals surface area (Å²) in [5, 5.41) is 3.76. The highest BCUT2D eigenvalue weighted by Gasteiger charge is 2.25. The van der Waals surface area contributed by atoms with Gasteiger partial charge in [0.25, 0.3) is 0 Å². The SMILES string of the molecule is CCC(COC)NC1CCC(C)c2ccccc21. The summed E-state index contributed by atoms with van der Waals surface area (Å²) < 4.78 is 5.28. The number of fused-ring (bicyclic) bond motifs is 1. The van der Waals surface area contributed by atoms with Gasteiger partial charge in [-0.2, -0.15) is 0 Å². The molecule has 3 unspecified atom stereocenters. The Balaban J connectivity index is 2.13. The Bertz CT molecular complexity index is 377. The molecule has 0 saturated heterocycles. The van der Waals surface area contributed by atoms with Gasteiger partial charge in [-0.3, -0.25) is 0 Å². The van der Waals surface area contributed by atoms with Crippen LogP contribution in [0.25, 0.3) is 0 Å². The van der Waals surface area contributed by atoms with E-state index in [1.165, 1.54) is 24.0 Å². The Morgan fingerprint density at radius 1 is 1.28 bits per heavy atom. The normalized spacial score (nSPS) is 24.6. The van der Waals surface area contributed by atoms with Gasteiger partial charge in [-0.25, -0.2) is 0 Å². The van der Waals surface area contributed by atoms with E-state index >= 15 is 0 Å². The second kappa shape index (κ2) is 6.35. The topological polar surface area (TPSA) is 21.3 Å². The van der Waals surface area contributed by atoms with Crippen molar-refractivity contribution >= 4 is 0 Å². The molecule has 0 saturated carbocycles. The highest BCUT2D eigenvalue weighted by molar-refractivity contribution is 5.35. The molecule has 0 amide bonds. The molecular formula is C16H25NO. The summed E-state index contributed by atoms with van der Waals surface area (Å²) in [5.74, 6) is 0.696. The van der Waals surface area contributed by atoms with Crippen molar-refractivity contribution in [1.29, 1.82) is 0 Å². The molecule has 1 aliphatic carbocycles. The largest absolute Gasteiger partial charge is 0.383 e. The van der Waals surface area contributed by atoms with E-state index in [4.69, 9.17) is 4.74 Å². The van der Waals surface area contributed by atoms with E-state index in [1.807, 2.05) is 0 Å². The van der Waals surface area contributed by atoms with Crippen LogP contribution >= 0.6 is 0 Å². The number of rotatable bonds is 5. The van der Waals surface area contributed by atoms with Crippen LogP contribution < -0.4 is 5.32 Å². The smallest absolute Gasteiger partial charge is 0.0615 e. The first-order chi connectivity index (χ1) is 8.76. The molecule has 1 aromatic rings. The first-order valence-electron chi connectivity index (χ1n) is 7.10. The molecule has 100 valence electrons. The predicted molar refractivity (Wildman–Crippen MR) is 75.9 cm³/mol. The van der Waals surface area contributed by atoms with Crippen molar-refractivity contribution in [1.82, 2.24) is 5.32 Å². The zero-order chi connectivity index (χ0) is 13.0. The van der Waals surface area contributed by atoms with Crippen LogP contribution in [0.1, 0.15) is 56.2 Å². The van der Waals surface area contributed by atoms with Gasteiger partial charge in [0.05, 0.1) is 6.61 Å². The summed E-state index contributed by atoms with van der Waals surface area (Å²) in [6.07, 6.45) is 3.62. The fourth-order valence-corrected chi connectivity index (χ4v) is 2.95. The monoisotopic (exact) mass is 247 g/mol. The van der Waals surface area contributed by atoms with Crippen LogP contribution in [0.3, 0.4) is 0 Å². The maximum Gasteiger partial charge on any atom is 0.0615 e. The highest BCUT2D eigenvalue weighted by Crippen LogP contribution is 2.37. The van der Waals surface area contributed by atoms with Gasteiger partial charge in [0.2, 0.25) is 0 Å². The summed E-state index contributed by atoms with van der Waals surface area (Å²) in [7, 11) is 1.78. The van der Waals surface area contributed by atoms with E-state index < -0.39 is 0 Å². The third-order valence-corrected chi connectivity index (χ3v) is 4.09. The van der Waals surface area contributed by atoms with Crippen molar-refractivity contribution < 1.29 is 4.74 Å². The van der Waals surface area contributed by atoms with Crippen molar-refractivity contribution in [3.05, 3.63) is 35.4 Å². The number of ether oxygens (including phenoxy) is 1. The standard InChI is InChI=1S/C16H25NO/c1-4-13(11-18-3)17-16-10-9-12(2)14-7-5-6-8-15(14)16/h5-8,12-13,16-17H,4,9-11H2,1-3H3. The fourth-order valence-electron chi connectivity index (χ4n) is 2.95. The summed E-state index contributed by atoms with van der Waals surface area (Å²) in [6.45, 7) is 5.35. The quantitative estimate of drug-likeness (QED) is 0.857. The molecule has 3 atom stereocenters. The van der Waals surface area contributed by atoms with Gasteiger partial charge in [-0.15, -0.1) is 0 Å². The Hall–Kier alpha value is -0.860. The van der Waals surface area contributed by atoms with Gasteiger partial charge in [-0.1, -0.05) is 38.1 Å². The van der Waals surface area contributed by atoms with Crippen LogP contribution in [0.15, 0.2) is 24.3 Å². The molecule has 0 fully saturated rings. The molecule has 0 heterocycles. The maximum atomic E-state index is 5.28. The van der Waals surface area contributed by atoms with E-state index in [0.717, 1.165) is 13.0 Å². The summed E-state index contributed by atoms with van der Waals surface area (Å²) in [4.78, 5) is 0. The number of benzene rings is 1. The predicted octanol–water partition coefficient (Wildman–Crippen LogP) is 3.64. The first kappa shape index (κ1) is 13.6. The van der Waals surface area contributed by atoms with Gasteiger partial charge in [0.1, 0.15) is 0 Å². The molecule has 2 nitrogen and oxygen atoms in total. The van der Waals surface area contributed by atoms with Gasteiger partial charge in [0, 0.05) is 19.2 Å². The van der Waals surface area contributed by atoms with E-state index in [-0.39, 0.29) is 0 Å². The average molecular weight is 247 g/mol. The zero-order valence-corrected chi connectivity index (χ0v) is 11.8. The summed E-state index contributed by atoms with van der Waals surface area (Å²) >= 11 is 0. The molecule has 1 aliphatic rings. The molecule has 0 radical (unpaired) electrons. The first-order valence-corrected chi connectivity index (χ1v) is 7.10. The van der Waals surface area contributed by atoms with Gasteiger partial charge < -0.3 is 10.1 Å². The minimum absolute atomic E-state index is 0.460. The molecule has 18 heavy (non-hydrogen) atoms. The maximum absolute atomic E-state index is 5.28. The molecule has 0 spiro atoms. The van der Waals surface area contributed by atoms with Crippen molar-refractivity contribution in [2.45, 2.75) is 51.1 Å². The molecule has 0 bridgehead atoms. The Morgan fingerprint density at radius 2 is 2.00 bits per heavy atom. The number of hydrogen-bond donors (Lipinski definition) is 1. The molecule has 0 aliphatic heterocycles. The van der Waals surface area contributed by atoms with Crippen LogP contribution in [0.4, 0.5) is 0 Å². The van der Waals surface area contributed by atoms with Crippen LogP contribution in [0.2, 0.25) is 0 Å². The lowest BCUT2D eigenvalue weighted by Crippen LogP contribution is -2.37. The molecule has 1 aromatic carbocycles. The van der Waals surface area contributed by atoms with Gasteiger partial charge in [0.15, 0.2) is 0 Å². The molecule has 2 heteroatoms. The Morgan fingerprint density at radius 3 is 2.67 bits per heavy atom. The lowest BCUT2D eigenvalue weighted by Gasteiger charge is -2.33. The zero-order valence-electron chi connectivity index (χ0n) is 11.8. The molecular weight excluding hydrogens is 222 g/mol. The van der Waals surface area contributed by atoms with E-state index in [2.05, 4.69) is 43.4 Å². The van der Waals surface area contributed by atoms with E-state index in [0.29, 0.717) is 18.0 Å². The second-order valence-corrected chi connectivity index (χ2v) is 5.39. The van der Waals surface area contributed by atoms with Crippen molar-refractivity contribution in [3.63, 3.8) is 0 Å². The van der Waals surface area contributed by atoms with Crippen LogP contribution in [-0.4, -0.2) is 19.8 Å². The highest BCUT2D eigenvalue weighted by atomic mass is 16.5. The lowest BCUT2D eigenvalue weighted by atomic mass is 9.81. The van der Waals surface area contributed by atoms with Crippen molar-refractivity contribution in [2.75, 3.05) is 13.7 Å². The van der Waals surface area contributed by atoms with Crippen molar-refractivity contribution in [3.8, 4) is 0 Å². The lowest BCUT2D eigenvalue weighted by molar-refractivity contribution is 0.156. The van der Waals surface area contributed by atoms with Crippen molar-refractivity contribution in [2.24, 2.45) is 0 Å². The number of hydrogen-bond acceptors (Lipinski definition) is 2. The second-order valence-electron chi connectivity index (χ2n) is 5.39. The van der Waals surface area contributed by atoms with E-state index in [9.17, 15) is 0 Å². The molecule has 1 N–H and O–H groups in total. The number of nitrogens with one attached hydrogen (secondary N) is 1. The van der Waals surface area contributed by atoms with Gasteiger partial charge >= 0.3 is 0 Å². The van der Waals surface area contributed by atoms with Crippen LogP contribution in [0, 0.1) is 0 Å². The average Bonchev–Trinajstić information content (AvgIpc) is 2.41. The van der Waals surface area contributed by atoms with Crippen LogP contribution in [-0.2, 0) is 4.74 Å². The third-order valence-electron chi connectivity index (χ3n) is 4.09. The minimum atomic E-state index is 0.460. The van der Waals surface area contributed by atoms with Gasteiger partial charge in [-0.05, 0) is 36.3 Å². The van der Waals surface area contributed by atoms with E-state index in [1.54, 1.807) is 7.11 Å². The Labute approximate surface area is 111 Å². The Kier molecular flexibility index (Phi) is 4.79.